The molecule has 0 unspecified atom stereocenters. The van der Waals surface area contributed by atoms with Gasteiger partial charge >= 0.3 is 0 Å². The van der Waals surface area contributed by atoms with E-state index in [2.05, 4.69) is 39.8 Å². The highest BCUT2D eigenvalue weighted by Gasteiger charge is 2.06. The molecule has 0 radical (unpaired) electrons. The number of benzene rings is 1. The fraction of sp³-hybridized carbons (Fsp3) is 0.444. The summed E-state index contributed by atoms with van der Waals surface area (Å²) in [5.41, 5.74) is 2.76. The Hall–Kier alpha value is -1.95. The number of halogens is 1. The third-order valence-electron chi connectivity index (χ3n) is 3.55. The Morgan fingerprint density at radius 1 is 1.33 bits per heavy atom. The van der Waals surface area contributed by atoms with Crippen LogP contribution in [0.1, 0.15) is 48.5 Å². The van der Waals surface area contributed by atoms with Crippen LogP contribution < -0.4 is 10.6 Å². The summed E-state index contributed by atoms with van der Waals surface area (Å²) in [7, 11) is 0. The molecule has 4 nitrogen and oxygen atoms in total. The summed E-state index contributed by atoms with van der Waals surface area (Å²) in [6.45, 7) is 10.0. The van der Waals surface area contributed by atoms with Crippen molar-refractivity contribution in [3.63, 3.8) is 0 Å². The number of hydrogen-bond acceptors (Lipinski definition) is 3. The molecule has 2 N–H and O–H groups in total. The average molecular weight is 348 g/mol. The molecule has 0 saturated carbocycles. The van der Waals surface area contributed by atoms with Crippen molar-refractivity contribution in [2.24, 2.45) is 4.99 Å². The number of rotatable bonds is 6. The van der Waals surface area contributed by atoms with Gasteiger partial charge in [-0.15, -0.1) is 11.3 Å². The van der Waals surface area contributed by atoms with Gasteiger partial charge in [0.15, 0.2) is 5.96 Å². The Balaban J connectivity index is 1.98. The highest BCUT2D eigenvalue weighted by atomic mass is 32.1. The van der Waals surface area contributed by atoms with Crippen molar-refractivity contribution >= 4 is 17.3 Å². The molecule has 1 aromatic heterocycles. The van der Waals surface area contributed by atoms with E-state index in [1.54, 1.807) is 24.3 Å². The quantitative estimate of drug-likeness (QED) is 0.613. The van der Waals surface area contributed by atoms with Crippen LogP contribution in [-0.2, 0) is 13.1 Å². The standard InChI is InChI=1S/C18H25FN4S/c1-5-20-18(21-9-14-6-7-15(19)13(4)8-14)22-10-17-23-16(11-24-17)12(2)3/h6-8,11-12H,5,9-10H2,1-4H3,(H2,20,21,22). The third-order valence-corrected chi connectivity index (χ3v) is 4.42. The first-order valence-corrected chi connectivity index (χ1v) is 9.09. The second-order valence-corrected chi connectivity index (χ2v) is 6.90. The van der Waals surface area contributed by atoms with Crippen molar-refractivity contribution in [1.82, 2.24) is 15.6 Å². The number of aromatic nitrogens is 1. The molecule has 0 aliphatic carbocycles. The number of nitrogens with zero attached hydrogens (tertiary/aromatic N) is 2. The van der Waals surface area contributed by atoms with E-state index >= 15 is 0 Å². The summed E-state index contributed by atoms with van der Waals surface area (Å²) >= 11 is 1.66. The summed E-state index contributed by atoms with van der Waals surface area (Å²) in [6, 6.07) is 5.09. The van der Waals surface area contributed by atoms with Crippen molar-refractivity contribution in [3.8, 4) is 0 Å². The molecule has 0 aliphatic heterocycles. The molecule has 0 atom stereocenters. The topological polar surface area (TPSA) is 49.3 Å². The second kappa shape index (κ2) is 8.78. The monoisotopic (exact) mass is 348 g/mol. The van der Waals surface area contributed by atoms with Crippen LogP contribution in [-0.4, -0.2) is 17.5 Å². The number of aliphatic imine (C=N–C) groups is 1. The van der Waals surface area contributed by atoms with Gasteiger partial charge in [0.05, 0.1) is 18.8 Å². The predicted molar refractivity (Wildman–Crippen MR) is 99.0 cm³/mol. The Kier molecular flexibility index (Phi) is 6.73. The zero-order chi connectivity index (χ0) is 17.5. The lowest BCUT2D eigenvalue weighted by molar-refractivity contribution is 0.617. The molecule has 0 spiro atoms. The van der Waals surface area contributed by atoms with Crippen LogP contribution in [0.3, 0.4) is 0 Å². The number of nitrogens with one attached hydrogen (secondary N) is 2. The Labute approximate surface area is 147 Å². The number of guanidine groups is 1. The maximum absolute atomic E-state index is 13.3. The second-order valence-electron chi connectivity index (χ2n) is 5.95. The minimum Gasteiger partial charge on any atom is -0.357 e. The number of thiazole rings is 1. The van der Waals surface area contributed by atoms with Gasteiger partial charge in [0.25, 0.3) is 0 Å². The van der Waals surface area contributed by atoms with Gasteiger partial charge in [-0.3, -0.25) is 0 Å². The van der Waals surface area contributed by atoms with E-state index in [9.17, 15) is 4.39 Å². The summed E-state index contributed by atoms with van der Waals surface area (Å²) in [6.07, 6.45) is 0. The molecule has 0 amide bonds. The first-order valence-electron chi connectivity index (χ1n) is 8.21. The van der Waals surface area contributed by atoms with Crippen LogP contribution >= 0.6 is 11.3 Å². The maximum atomic E-state index is 13.3. The average Bonchev–Trinajstić information content (AvgIpc) is 3.02. The van der Waals surface area contributed by atoms with Gasteiger partial charge in [0.1, 0.15) is 10.8 Å². The van der Waals surface area contributed by atoms with Crippen LogP contribution in [0.25, 0.3) is 0 Å². The van der Waals surface area contributed by atoms with Crippen LogP contribution in [0.15, 0.2) is 28.6 Å². The van der Waals surface area contributed by atoms with E-state index in [4.69, 9.17) is 0 Å². The molecule has 0 aliphatic rings. The minimum absolute atomic E-state index is 0.183. The van der Waals surface area contributed by atoms with Gasteiger partial charge in [-0.2, -0.15) is 0 Å². The molecule has 6 heteroatoms. The van der Waals surface area contributed by atoms with Gasteiger partial charge < -0.3 is 10.6 Å². The summed E-state index contributed by atoms with van der Waals surface area (Å²) in [5.74, 6) is 0.997. The molecule has 1 heterocycles. The van der Waals surface area contributed by atoms with E-state index in [1.807, 2.05) is 13.0 Å². The molecule has 130 valence electrons. The van der Waals surface area contributed by atoms with Crippen molar-refractivity contribution in [2.75, 3.05) is 6.54 Å². The Morgan fingerprint density at radius 2 is 2.12 bits per heavy atom. The zero-order valence-electron chi connectivity index (χ0n) is 14.7. The summed E-state index contributed by atoms with van der Waals surface area (Å²) in [4.78, 5) is 9.17. The smallest absolute Gasteiger partial charge is 0.191 e. The van der Waals surface area contributed by atoms with Gasteiger partial charge in [0, 0.05) is 11.9 Å². The fourth-order valence-corrected chi connectivity index (χ4v) is 3.04. The zero-order valence-corrected chi connectivity index (χ0v) is 15.5. The number of aryl methyl sites for hydroxylation is 1. The third kappa shape index (κ3) is 5.30. The molecule has 0 fully saturated rings. The van der Waals surface area contributed by atoms with Gasteiger partial charge in [-0.05, 0) is 37.0 Å². The maximum Gasteiger partial charge on any atom is 0.191 e. The molecule has 0 saturated heterocycles. The highest BCUT2D eigenvalue weighted by molar-refractivity contribution is 7.09. The SMILES string of the molecule is CCNC(=NCc1ccc(F)c(C)c1)NCc1nc(C(C)C)cs1. The first-order chi connectivity index (χ1) is 11.5. The van der Waals surface area contributed by atoms with Crippen molar-refractivity contribution in [2.45, 2.75) is 46.7 Å². The lowest BCUT2D eigenvalue weighted by Crippen LogP contribution is -2.36. The van der Waals surface area contributed by atoms with Crippen molar-refractivity contribution in [3.05, 3.63) is 51.2 Å². The van der Waals surface area contributed by atoms with Crippen molar-refractivity contribution < 1.29 is 4.39 Å². The van der Waals surface area contributed by atoms with Crippen LogP contribution in [0, 0.1) is 12.7 Å². The minimum atomic E-state index is -0.183. The summed E-state index contributed by atoms with van der Waals surface area (Å²) in [5, 5.41) is 9.67. The predicted octanol–water partition coefficient (Wildman–Crippen LogP) is 3.97. The Morgan fingerprint density at radius 3 is 2.75 bits per heavy atom. The van der Waals surface area contributed by atoms with Gasteiger partial charge in [-0.25, -0.2) is 14.4 Å². The molecule has 24 heavy (non-hydrogen) atoms. The van der Waals surface area contributed by atoms with E-state index in [-0.39, 0.29) is 5.82 Å². The lowest BCUT2D eigenvalue weighted by atomic mass is 10.1. The van der Waals surface area contributed by atoms with E-state index < -0.39 is 0 Å². The molecule has 1 aromatic carbocycles. The lowest BCUT2D eigenvalue weighted by Gasteiger charge is -2.10. The highest BCUT2D eigenvalue weighted by Crippen LogP contribution is 2.17. The molecular weight excluding hydrogens is 323 g/mol. The normalized spacial score (nSPS) is 11.8. The number of hydrogen-bond donors (Lipinski definition) is 2. The van der Waals surface area contributed by atoms with Gasteiger partial charge in [0.2, 0.25) is 0 Å². The van der Waals surface area contributed by atoms with Crippen LogP contribution in [0.5, 0.6) is 0 Å². The Bertz CT molecular complexity index is 694. The fourth-order valence-electron chi connectivity index (χ4n) is 2.15. The van der Waals surface area contributed by atoms with E-state index in [0.717, 1.165) is 28.8 Å². The molecule has 2 rings (SSSR count). The van der Waals surface area contributed by atoms with Crippen LogP contribution in [0.2, 0.25) is 0 Å². The summed E-state index contributed by atoms with van der Waals surface area (Å²) < 4.78 is 13.3. The van der Waals surface area contributed by atoms with E-state index in [0.29, 0.717) is 24.6 Å². The molecule has 0 bridgehead atoms. The van der Waals surface area contributed by atoms with Gasteiger partial charge in [-0.1, -0.05) is 26.0 Å². The molecule has 2 aromatic rings. The van der Waals surface area contributed by atoms with E-state index in [1.165, 1.54) is 6.07 Å². The molecular formula is C18H25FN4S. The largest absolute Gasteiger partial charge is 0.357 e. The first kappa shape index (κ1) is 18.4. The van der Waals surface area contributed by atoms with Crippen LogP contribution in [0.4, 0.5) is 4.39 Å². The van der Waals surface area contributed by atoms with Crippen molar-refractivity contribution in [1.29, 1.82) is 0 Å².